The zero-order chi connectivity index (χ0) is 18.6. The number of anilines is 1. The third kappa shape index (κ3) is 4.07. The summed E-state index contributed by atoms with van der Waals surface area (Å²) in [6.07, 6.45) is 4.13. The monoisotopic (exact) mass is 380 g/mol. The fourth-order valence-electron chi connectivity index (χ4n) is 3.54. The van der Waals surface area contributed by atoms with Gasteiger partial charge in [-0.2, -0.15) is 0 Å². The van der Waals surface area contributed by atoms with Crippen LogP contribution in [0.15, 0.2) is 67.0 Å². The molecule has 2 aromatic carbocycles. The number of para-hydroxylation sites is 2. The van der Waals surface area contributed by atoms with E-state index in [9.17, 15) is 5.11 Å². The first-order chi connectivity index (χ1) is 13.2. The second-order valence-corrected chi connectivity index (χ2v) is 7.26. The third-order valence-corrected chi connectivity index (χ3v) is 5.53. The standard InChI is InChI=1S/C21H24N4OS/c26-20-9-5-4-8-19(20)23-12-10-22(11-13-23)17-25-15-14-24(21(25)27)16-18-6-2-1-3-7-18/h1-9,14-15,26H,10-13,16-17H2. The lowest BCUT2D eigenvalue weighted by Gasteiger charge is -2.36. The Kier molecular flexibility index (Phi) is 5.27. The second-order valence-electron chi connectivity index (χ2n) is 6.90. The van der Waals surface area contributed by atoms with Gasteiger partial charge in [0.2, 0.25) is 0 Å². The highest BCUT2D eigenvalue weighted by Gasteiger charge is 2.19. The van der Waals surface area contributed by atoms with Crippen molar-refractivity contribution < 1.29 is 5.11 Å². The summed E-state index contributed by atoms with van der Waals surface area (Å²) >= 11 is 5.67. The summed E-state index contributed by atoms with van der Waals surface area (Å²) in [6.45, 7) is 5.29. The van der Waals surface area contributed by atoms with Gasteiger partial charge < -0.3 is 19.1 Å². The Morgan fingerprint density at radius 2 is 1.48 bits per heavy atom. The highest BCUT2D eigenvalue weighted by Crippen LogP contribution is 2.27. The second kappa shape index (κ2) is 7.98. The number of rotatable bonds is 5. The van der Waals surface area contributed by atoms with Gasteiger partial charge in [0.25, 0.3) is 0 Å². The Morgan fingerprint density at radius 1 is 0.815 bits per heavy atom. The number of benzene rings is 2. The lowest BCUT2D eigenvalue weighted by molar-refractivity contribution is 0.204. The molecule has 0 unspecified atom stereocenters. The lowest BCUT2D eigenvalue weighted by Crippen LogP contribution is -2.46. The maximum Gasteiger partial charge on any atom is 0.181 e. The van der Waals surface area contributed by atoms with Crippen LogP contribution in [0.3, 0.4) is 0 Å². The smallest absolute Gasteiger partial charge is 0.181 e. The number of hydrogen-bond donors (Lipinski definition) is 1. The highest BCUT2D eigenvalue weighted by molar-refractivity contribution is 7.71. The molecule has 0 atom stereocenters. The summed E-state index contributed by atoms with van der Waals surface area (Å²) in [4.78, 5) is 4.64. The molecule has 6 heteroatoms. The van der Waals surface area contributed by atoms with Gasteiger partial charge in [-0.25, -0.2) is 0 Å². The molecular weight excluding hydrogens is 356 g/mol. The lowest BCUT2D eigenvalue weighted by atomic mass is 10.2. The minimum atomic E-state index is 0.353. The van der Waals surface area contributed by atoms with E-state index in [-0.39, 0.29) is 0 Å². The SMILES string of the molecule is Oc1ccccc1N1CCN(Cn2ccn(Cc3ccccc3)c2=S)CC1. The summed E-state index contributed by atoms with van der Waals surface area (Å²) < 4.78 is 5.10. The zero-order valence-electron chi connectivity index (χ0n) is 15.2. The van der Waals surface area contributed by atoms with Crippen LogP contribution in [-0.2, 0) is 13.2 Å². The van der Waals surface area contributed by atoms with Gasteiger partial charge in [0.05, 0.1) is 12.4 Å². The molecule has 5 nitrogen and oxygen atoms in total. The van der Waals surface area contributed by atoms with E-state index >= 15 is 0 Å². The van der Waals surface area contributed by atoms with Crippen LogP contribution in [0.1, 0.15) is 5.56 Å². The Balaban J connectivity index is 1.37. The number of nitrogens with zero attached hydrogens (tertiary/aromatic N) is 4. The molecule has 1 N–H and O–H groups in total. The van der Waals surface area contributed by atoms with Crippen LogP contribution in [0.4, 0.5) is 5.69 Å². The van der Waals surface area contributed by atoms with Crippen LogP contribution in [0.5, 0.6) is 5.75 Å². The Hall–Kier alpha value is -2.57. The largest absolute Gasteiger partial charge is 0.506 e. The fourth-order valence-corrected chi connectivity index (χ4v) is 3.78. The first kappa shape index (κ1) is 17.8. The van der Waals surface area contributed by atoms with Gasteiger partial charge in [0.1, 0.15) is 5.75 Å². The molecule has 1 aliphatic heterocycles. The molecule has 27 heavy (non-hydrogen) atoms. The van der Waals surface area contributed by atoms with Crippen LogP contribution < -0.4 is 4.90 Å². The third-order valence-electron chi connectivity index (χ3n) is 5.06. The van der Waals surface area contributed by atoms with Crippen molar-refractivity contribution in [1.29, 1.82) is 0 Å². The minimum Gasteiger partial charge on any atom is -0.506 e. The molecule has 1 saturated heterocycles. The molecule has 0 aliphatic carbocycles. The van der Waals surface area contributed by atoms with E-state index in [2.05, 4.69) is 55.6 Å². The van der Waals surface area contributed by atoms with E-state index in [1.54, 1.807) is 6.07 Å². The van der Waals surface area contributed by atoms with Crippen molar-refractivity contribution in [1.82, 2.24) is 14.0 Å². The van der Waals surface area contributed by atoms with Gasteiger partial charge in [0, 0.05) is 45.1 Å². The van der Waals surface area contributed by atoms with E-state index in [0.29, 0.717) is 5.75 Å². The van der Waals surface area contributed by atoms with E-state index < -0.39 is 0 Å². The normalized spacial score (nSPS) is 15.2. The van der Waals surface area contributed by atoms with Gasteiger partial charge in [-0.1, -0.05) is 42.5 Å². The molecule has 140 valence electrons. The molecule has 0 bridgehead atoms. The number of piperazine rings is 1. The Labute approximate surface area is 164 Å². The van der Waals surface area contributed by atoms with Crippen LogP contribution in [0.2, 0.25) is 0 Å². The Morgan fingerprint density at radius 3 is 2.22 bits per heavy atom. The fraction of sp³-hybridized carbons (Fsp3) is 0.286. The summed E-state index contributed by atoms with van der Waals surface area (Å²) in [5.41, 5.74) is 2.17. The number of aromatic nitrogens is 2. The van der Waals surface area contributed by atoms with Gasteiger partial charge in [0.15, 0.2) is 4.77 Å². The van der Waals surface area contributed by atoms with Gasteiger partial charge in [-0.15, -0.1) is 0 Å². The van der Waals surface area contributed by atoms with Crippen LogP contribution in [-0.4, -0.2) is 45.3 Å². The van der Waals surface area contributed by atoms with E-state index in [1.807, 2.05) is 24.3 Å². The number of phenols is 1. The molecule has 2 heterocycles. The first-order valence-corrected chi connectivity index (χ1v) is 9.66. The molecule has 1 aliphatic rings. The van der Waals surface area contributed by atoms with E-state index in [4.69, 9.17) is 12.2 Å². The zero-order valence-corrected chi connectivity index (χ0v) is 16.1. The number of imidazole rings is 1. The number of hydrogen-bond acceptors (Lipinski definition) is 4. The van der Waals surface area contributed by atoms with E-state index in [0.717, 1.165) is 49.9 Å². The Bertz CT molecular complexity index is 942. The molecule has 0 spiro atoms. The van der Waals surface area contributed by atoms with Crippen molar-refractivity contribution in [2.75, 3.05) is 31.1 Å². The molecular formula is C21H24N4OS. The average Bonchev–Trinajstić information content (AvgIpc) is 3.03. The predicted molar refractivity (Wildman–Crippen MR) is 111 cm³/mol. The topological polar surface area (TPSA) is 36.6 Å². The molecule has 0 saturated carbocycles. The molecule has 4 rings (SSSR count). The van der Waals surface area contributed by atoms with Gasteiger partial charge >= 0.3 is 0 Å². The van der Waals surface area contributed by atoms with Gasteiger partial charge in [-0.3, -0.25) is 4.90 Å². The molecule has 1 aromatic heterocycles. The first-order valence-electron chi connectivity index (χ1n) is 9.25. The van der Waals surface area contributed by atoms with Crippen LogP contribution in [0.25, 0.3) is 0 Å². The summed E-state index contributed by atoms with van der Waals surface area (Å²) in [6, 6.07) is 17.9. The van der Waals surface area contributed by atoms with Crippen molar-refractivity contribution in [2.24, 2.45) is 0 Å². The average molecular weight is 381 g/mol. The maximum atomic E-state index is 10.0. The summed E-state index contributed by atoms with van der Waals surface area (Å²) in [5, 5.41) is 10.0. The number of aromatic hydroxyl groups is 1. The summed E-state index contributed by atoms with van der Waals surface area (Å²) in [5.74, 6) is 0.353. The van der Waals surface area contributed by atoms with Crippen molar-refractivity contribution in [3.63, 3.8) is 0 Å². The van der Waals surface area contributed by atoms with Crippen molar-refractivity contribution in [2.45, 2.75) is 13.2 Å². The summed E-state index contributed by atoms with van der Waals surface area (Å²) in [7, 11) is 0. The predicted octanol–water partition coefficient (Wildman–Crippen LogP) is 3.55. The molecule has 0 radical (unpaired) electrons. The molecule has 3 aromatic rings. The molecule has 1 fully saturated rings. The van der Waals surface area contributed by atoms with Crippen molar-refractivity contribution in [3.05, 3.63) is 77.3 Å². The van der Waals surface area contributed by atoms with Gasteiger partial charge in [-0.05, 0) is 29.9 Å². The molecule has 0 amide bonds. The quantitative estimate of drug-likeness (QED) is 0.687. The number of phenolic OH excluding ortho intramolecular Hbond substituents is 1. The highest BCUT2D eigenvalue weighted by atomic mass is 32.1. The minimum absolute atomic E-state index is 0.353. The van der Waals surface area contributed by atoms with Crippen molar-refractivity contribution in [3.8, 4) is 5.75 Å². The van der Waals surface area contributed by atoms with E-state index in [1.165, 1.54) is 5.56 Å². The van der Waals surface area contributed by atoms with Crippen molar-refractivity contribution >= 4 is 17.9 Å². The van der Waals surface area contributed by atoms with Crippen LogP contribution in [0, 0.1) is 4.77 Å². The van der Waals surface area contributed by atoms with Crippen LogP contribution >= 0.6 is 12.2 Å². The maximum absolute atomic E-state index is 10.0.